The first-order chi connectivity index (χ1) is 6.09. The van der Waals surface area contributed by atoms with Crippen LogP contribution in [0.4, 0.5) is 5.82 Å². The van der Waals surface area contributed by atoms with Gasteiger partial charge in [-0.25, -0.2) is 0 Å². The van der Waals surface area contributed by atoms with Crippen LogP contribution >= 0.6 is 11.6 Å². The first-order valence-electron chi connectivity index (χ1n) is 3.60. The number of nitrogens with zero attached hydrogens (tertiary/aromatic N) is 4. The van der Waals surface area contributed by atoms with Crippen LogP contribution in [0.3, 0.4) is 0 Å². The summed E-state index contributed by atoms with van der Waals surface area (Å²) in [5.41, 5.74) is 5.56. The number of hydrogen-bond acceptors (Lipinski definition) is 3. The maximum atomic E-state index is 5.56. The van der Waals surface area contributed by atoms with Gasteiger partial charge in [0.25, 0.3) is 0 Å². The fourth-order valence-electron chi connectivity index (χ4n) is 0.586. The lowest BCUT2D eigenvalue weighted by Crippen LogP contribution is -2.29. The molecule has 0 aromatic carbocycles. The van der Waals surface area contributed by atoms with E-state index < -0.39 is 0 Å². The molecule has 5 nitrogen and oxygen atoms in total. The molecule has 0 aliphatic heterocycles. The van der Waals surface area contributed by atoms with Crippen molar-refractivity contribution < 1.29 is 0 Å². The molecule has 0 bridgehead atoms. The Balaban J connectivity index is 2.85. The zero-order valence-electron chi connectivity index (χ0n) is 7.40. The minimum Gasteiger partial charge on any atom is -0.369 e. The lowest BCUT2D eigenvalue weighted by molar-refractivity contribution is 0.614. The zero-order chi connectivity index (χ0) is 9.84. The van der Waals surface area contributed by atoms with E-state index in [0.29, 0.717) is 16.9 Å². The summed E-state index contributed by atoms with van der Waals surface area (Å²) in [5, 5.41) is 7.69. The van der Waals surface area contributed by atoms with Gasteiger partial charge < -0.3 is 10.6 Å². The van der Waals surface area contributed by atoms with Gasteiger partial charge in [0.05, 0.1) is 0 Å². The highest BCUT2D eigenvalue weighted by atomic mass is 35.5. The van der Waals surface area contributed by atoms with E-state index in [0.717, 1.165) is 0 Å². The van der Waals surface area contributed by atoms with Gasteiger partial charge in [-0.1, -0.05) is 11.6 Å². The maximum Gasteiger partial charge on any atom is 0.197 e. The first-order valence-corrected chi connectivity index (χ1v) is 3.98. The Bertz CT molecular complexity index is 305. The Kier molecular flexibility index (Phi) is 3.02. The highest BCUT2D eigenvalue weighted by Gasteiger charge is 1.97. The molecule has 0 unspecified atom stereocenters. The predicted octanol–water partition coefficient (Wildman–Crippen LogP) is 0.638. The molecule has 1 rings (SSSR count). The van der Waals surface area contributed by atoms with E-state index in [2.05, 4.69) is 15.2 Å². The lowest BCUT2D eigenvalue weighted by Gasteiger charge is -2.09. The van der Waals surface area contributed by atoms with Crippen LogP contribution in [0.5, 0.6) is 0 Å². The van der Waals surface area contributed by atoms with Gasteiger partial charge in [-0.2, -0.15) is 4.99 Å². The molecular weight excluding hydrogens is 190 g/mol. The fraction of sp³-hybridized carbons (Fsp3) is 0.286. The largest absolute Gasteiger partial charge is 0.369 e. The number of guanidine groups is 1. The van der Waals surface area contributed by atoms with E-state index in [-0.39, 0.29) is 0 Å². The predicted molar refractivity (Wildman–Crippen MR) is 52.0 cm³/mol. The van der Waals surface area contributed by atoms with E-state index in [9.17, 15) is 0 Å². The molecule has 1 aromatic rings. The second-order valence-corrected chi connectivity index (χ2v) is 2.97. The van der Waals surface area contributed by atoms with Crippen LogP contribution < -0.4 is 5.73 Å². The molecule has 2 N–H and O–H groups in total. The number of nitrogens with two attached hydrogens (primary N) is 1. The van der Waals surface area contributed by atoms with Crippen LogP contribution in [0.25, 0.3) is 0 Å². The second kappa shape index (κ2) is 4.04. The Morgan fingerprint density at radius 3 is 2.62 bits per heavy atom. The molecule has 1 aromatic heterocycles. The Labute approximate surface area is 81.2 Å². The SMILES string of the molecule is CN(C)C(N)=Nc1ccc(Cl)nn1. The van der Waals surface area contributed by atoms with Crippen LogP contribution in [0.2, 0.25) is 5.15 Å². The summed E-state index contributed by atoms with van der Waals surface area (Å²) in [7, 11) is 3.59. The van der Waals surface area contributed by atoms with Crippen LogP contribution in [-0.4, -0.2) is 35.2 Å². The third kappa shape index (κ3) is 2.87. The molecular formula is C7H10ClN5. The summed E-state index contributed by atoms with van der Waals surface area (Å²) >= 11 is 5.55. The van der Waals surface area contributed by atoms with E-state index >= 15 is 0 Å². The molecule has 6 heteroatoms. The summed E-state index contributed by atoms with van der Waals surface area (Å²) in [4.78, 5) is 5.66. The summed E-state index contributed by atoms with van der Waals surface area (Å²) in [5.74, 6) is 0.812. The highest BCUT2D eigenvalue weighted by Crippen LogP contribution is 2.08. The summed E-state index contributed by atoms with van der Waals surface area (Å²) in [6.07, 6.45) is 0. The molecule has 0 aliphatic carbocycles. The van der Waals surface area contributed by atoms with E-state index in [1.807, 2.05) is 0 Å². The minimum atomic E-state index is 0.336. The first kappa shape index (κ1) is 9.73. The van der Waals surface area contributed by atoms with Crippen molar-refractivity contribution in [1.82, 2.24) is 15.1 Å². The molecule has 0 fully saturated rings. The Hall–Kier alpha value is -1.36. The molecule has 0 radical (unpaired) electrons. The third-order valence-electron chi connectivity index (χ3n) is 1.31. The molecule has 0 spiro atoms. The van der Waals surface area contributed by atoms with Crippen molar-refractivity contribution in [3.8, 4) is 0 Å². The number of hydrogen-bond donors (Lipinski definition) is 1. The smallest absolute Gasteiger partial charge is 0.197 e. The van der Waals surface area contributed by atoms with E-state index in [1.165, 1.54) is 0 Å². The Morgan fingerprint density at radius 1 is 1.46 bits per heavy atom. The Morgan fingerprint density at radius 2 is 2.15 bits per heavy atom. The zero-order valence-corrected chi connectivity index (χ0v) is 8.15. The lowest BCUT2D eigenvalue weighted by atomic mass is 10.5. The van der Waals surface area contributed by atoms with Crippen molar-refractivity contribution in [3.63, 3.8) is 0 Å². The quantitative estimate of drug-likeness (QED) is 0.533. The van der Waals surface area contributed by atoms with Gasteiger partial charge in [-0.3, -0.25) is 0 Å². The van der Waals surface area contributed by atoms with Gasteiger partial charge in [0, 0.05) is 14.1 Å². The normalized spacial score (nSPS) is 11.5. The van der Waals surface area contributed by atoms with Gasteiger partial charge in [0.2, 0.25) is 0 Å². The average molecular weight is 200 g/mol. The minimum absolute atomic E-state index is 0.336. The number of rotatable bonds is 1. The van der Waals surface area contributed by atoms with Crippen molar-refractivity contribution >= 4 is 23.4 Å². The molecule has 0 aliphatic rings. The molecule has 70 valence electrons. The van der Waals surface area contributed by atoms with Crippen molar-refractivity contribution in [2.45, 2.75) is 0 Å². The molecule has 13 heavy (non-hydrogen) atoms. The standard InChI is InChI=1S/C7H10ClN5/c1-13(2)7(9)10-6-4-3-5(8)11-12-6/h3-4H,1-2H3,(H2,9,10,12). The van der Waals surface area contributed by atoms with Gasteiger partial charge >= 0.3 is 0 Å². The van der Waals surface area contributed by atoms with Crippen molar-refractivity contribution in [3.05, 3.63) is 17.3 Å². The highest BCUT2D eigenvalue weighted by molar-refractivity contribution is 6.29. The van der Waals surface area contributed by atoms with Gasteiger partial charge in [-0.05, 0) is 12.1 Å². The molecule has 0 saturated carbocycles. The van der Waals surface area contributed by atoms with E-state index in [1.54, 1.807) is 31.1 Å². The summed E-state index contributed by atoms with van der Waals surface area (Å²) in [6.45, 7) is 0. The van der Waals surface area contributed by atoms with Gasteiger partial charge in [0.15, 0.2) is 16.9 Å². The van der Waals surface area contributed by atoms with Crippen molar-refractivity contribution in [1.29, 1.82) is 0 Å². The van der Waals surface area contributed by atoms with Crippen LogP contribution in [0.15, 0.2) is 17.1 Å². The van der Waals surface area contributed by atoms with Crippen molar-refractivity contribution in [2.75, 3.05) is 14.1 Å². The van der Waals surface area contributed by atoms with Gasteiger partial charge in [-0.15, -0.1) is 10.2 Å². The molecule has 0 saturated heterocycles. The molecule has 0 atom stereocenters. The second-order valence-electron chi connectivity index (χ2n) is 2.58. The number of aliphatic imine (C=N–C) groups is 1. The number of aromatic nitrogens is 2. The fourth-order valence-corrected chi connectivity index (χ4v) is 0.687. The third-order valence-corrected chi connectivity index (χ3v) is 1.51. The van der Waals surface area contributed by atoms with Gasteiger partial charge in [0.1, 0.15) is 0 Å². The summed E-state index contributed by atoms with van der Waals surface area (Å²) < 4.78 is 0. The summed E-state index contributed by atoms with van der Waals surface area (Å²) in [6, 6.07) is 3.25. The number of halogens is 1. The van der Waals surface area contributed by atoms with Crippen LogP contribution in [0.1, 0.15) is 0 Å². The topological polar surface area (TPSA) is 67.4 Å². The molecule has 0 amide bonds. The van der Waals surface area contributed by atoms with E-state index in [4.69, 9.17) is 17.3 Å². The van der Waals surface area contributed by atoms with Crippen LogP contribution in [0, 0.1) is 0 Å². The average Bonchev–Trinajstić information content (AvgIpc) is 2.08. The monoisotopic (exact) mass is 199 g/mol. The van der Waals surface area contributed by atoms with Crippen LogP contribution in [-0.2, 0) is 0 Å². The molecule has 1 heterocycles. The van der Waals surface area contributed by atoms with Crippen molar-refractivity contribution in [2.24, 2.45) is 10.7 Å². The maximum absolute atomic E-state index is 5.56.